The molecular weight excluding hydrogens is 305 g/mol. The quantitative estimate of drug-likeness (QED) is 0.659. The minimum absolute atomic E-state index is 0.131. The Morgan fingerprint density at radius 2 is 1.87 bits per heavy atom. The molecule has 0 aliphatic heterocycles. The van der Waals surface area contributed by atoms with E-state index in [1.54, 1.807) is 12.1 Å². The molecule has 0 aliphatic carbocycles. The lowest BCUT2D eigenvalue weighted by molar-refractivity contribution is 0.269. The van der Waals surface area contributed by atoms with Crippen molar-refractivity contribution < 1.29 is 8.82 Å². The number of benzene rings is 1. The van der Waals surface area contributed by atoms with Crippen molar-refractivity contribution in [1.82, 2.24) is 4.98 Å². The molecule has 0 saturated heterocycles. The first-order valence-electron chi connectivity index (χ1n) is 8.21. The first-order chi connectivity index (χ1) is 10.5. The van der Waals surface area contributed by atoms with Crippen LogP contribution in [0.1, 0.15) is 44.9 Å². The number of aryl methyl sites for hydroxylation is 1. The Balaban J connectivity index is 2.30. The topological polar surface area (TPSA) is 22.1 Å². The Labute approximate surface area is 140 Å². The predicted molar refractivity (Wildman–Crippen MR) is 98.0 cm³/mol. The van der Waals surface area contributed by atoms with Gasteiger partial charge >= 0.3 is 0 Å². The van der Waals surface area contributed by atoms with Crippen molar-refractivity contribution in [1.29, 1.82) is 0 Å². The average Bonchev–Trinajstić information content (AvgIpc) is 2.42. The number of nitrogens with zero attached hydrogens (tertiary/aromatic N) is 1. The molecule has 2 aromatic rings. The van der Waals surface area contributed by atoms with Crippen LogP contribution < -0.4 is 0 Å². The van der Waals surface area contributed by atoms with Crippen molar-refractivity contribution in [3.05, 3.63) is 41.5 Å². The van der Waals surface area contributed by atoms with E-state index >= 15 is 0 Å². The lowest BCUT2D eigenvalue weighted by atomic mass is 9.96. The highest BCUT2D eigenvalue weighted by atomic mass is 28.4. The van der Waals surface area contributed by atoms with E-state index in [0.717, 1.165) is 22.0 Å². The third kappa shape index (κ3) is 3.99. The van der Waals surface area contributed by atoms with Gasteiger partial charge in [-0.25, -0.2) is 4.39 Å². The van der Waals surface area contributed by atoms with E-state index < -0.39 is 8.32 Å². The predicted octanol–water partition coefficient (Wildman–Crippen LogP) is 5.81. The standard InChI is InChI=1S/C19H28FNOSi/c1-13(12-22-23(6,7)19(3,4)5)17-10-16(20)9-15-8-14(2)21-11-18(15)17/h8-11,13H,12H2,1-7H3. The van der Waals surface area contributed by atoms with Crippen LogP contribution in [0.3, 0.4) is 0 Å². The summed E-state index contributed by atoms with van der Waals surface area (Å²) >= 11 is 0. The second kappa shape index (κ2) is 6.33. The summed E-state index contributed by atoms with van der Waals surface area (Å²) in [6.45, 7) is 15.8. The summed E-state index contributed by atoms with van der Waals surface area (Å²) in [5.74, 6) is -0.0656. The molecule has 126 valence electrons. The largest absolute Gasteiger partial charge is 0.416 e. The van der Waals surface area contributed by atoms with E-state index in [2.05, 4.69) is 45.8 Å². The van der Waals surface area contributed by atoms with Crippen LogP contribution in [0.25, 0.3) is 10.8 Å². The first kappa shape index (κ1) is 18.1. The van der Waals surface area contributed by atoms with E-state index in [0.29, 0.717) is 6.61 Å². The van der Waals surface area contributed by atoms with Gasteiger partial charge in [0.15, 0.2) is 8.32 Å². The fraction of sp³-hybridized carbons (Fsp3) is 0.526. The molecule has 1 unspecified atom stereocenters. The van der Waals surface area contributed by atoms with Gasteiger partial charge in [0, 0.05) is 29.8 Å². The summed E-state index contributed by atoms with van der Waals surface area (Å²) in [5, 5.41) is 2.10. The summed E-state index contributed by atoms with van der Waals surface area (Å²) in [6.07, 6.45) is 1.85. The Morgan fingerprint density at radius 1 is 1.22 bits per heavy atom. The molecule has 0 bridgehead atoms. The maximum absolute atomic E-state index is 14.0. The number of halogens is 1. The minimum atomic E-state index is -1.80. The normalized spacial score (nSPS) is 14.3. The molecule has 0 spiro atoms. The molecule has 4 heteroatoms. The lowest BCUT2D eigenvalue weighted by Gasteiger charge is -2.37. The van der Waals surface area contributed by atoms with Gasteiger partial charge in [-0.3, -0.25) is 4.98 Å². The van der Waals surface area contributed by atoms with Crippen molar-refractivity contribution >= 4 is 19.1 Å². The summed E-state index contributed by atoms with van der Waals surface area (Å²) < 4.78 is 20.3. The lowest BCUT2D eigenvalue weighted by Crippen LogP contribution is -2.41. The molecule has 1 atom stereocenters. The van der Waals surface area contributed by atoms with Crippen LogP contribution in [-0.4, -0.2) is 19.9 Å². The molecule has 0 fully saturated rings. The smallest absolute Gasteiger partial charge is 0.192 e. The van der Waals surface area contributed by atoms with Gasteiger partial charge in [-0.2, -0.15) is 0 Å². The van der Waals surface area contributed by atoms with Gasteiger partial charge in [0.25, 0.3) is 0 Å². The Bertz CT molecular complexity index is 701. The van der Waals surface area contributed by atoms with Crippen molar-refractivity contribution in [3.8, 4) is 0 Å². The molecule has 1 aromatic heterocycles. The molecule has 1 aromatic carbocycles. The van der Waals surface area contributed by atoms with Gasteiger partial charge in [-0.1, -0.05) is 27.7 Å². The highest BCUT2D eigenvalue weighted by Gasteiger charge is 2.37. The fourth-order valence-corrected chi connectivity index (χ4v) is 3.51. The van der Waals surface area contributed by atoms with Gasteiger partial charge in [0.05, 0.1) is 0 Å². The van der Waals surface area contributed by atoms with E-state index in [1.807, 2.05) is 19.2 Å². The number of hydrogen-bond acceptors (Lipinski definition) is 2. The van der Waals surface area contributed by atoms with Crippen LogP contribution in [0.4, 0.5) is 4.39 Å². The highest BCUT2D eigenvalue weighted by molar-refractivity contribution is 6.74. The summed E-state index contributed by atoms with van der Waals surface area (Å²) in [7, 11) is -1.80. The van der Waals surface area contributed by atoms with Crippen LogP contribution in [-0.2, 0) is 4.43 Å². The second-order valence-corrected chi connectivity index (χ2v) is 12.8. The summed E-state index contributed by atoms with van der Waals surface area (Å²) in [6, 6.07) is 5.14. The third-order valence-electron chi connectivity index (χ3n) is 5.00. The van der Waals surface area contributed by atoms with Crippen molar-refractivity contribution in [2.75, 3.05) is 6.61 Å². The zero-order valence-electron chi connectivity index (χ0n) is 15.3. The molecule has 2 nitrogen and oxygen atoms in total. The van der Waals surface area contributed by atoms with Crippen LogP contribution in [0, 0.1) is 12.7 Å². The molecule has 0 aliphatic rings. The molecule has 1 heterocycles. The van der Waals surface area contributed by atoms with Gasteiger partial charge in [-0.15, -0.1) is 0 Å². The SMILES string of the molecule is Cc1cc2cc(F)cc(C(C)CO[Si](C)(C)C(C)(C)C)c2cn1. The van der Waals surface area contributed by atoms with Crippen LogP contribution in [0.2, 0.25) is 18.1 Å². The number of fused-ring (bicyclic) bond motifs is 1. The number of hydrogen-bond donors (Lipinski definition) is 0. The molecule has 0 saturated carbocycles. The zero-order valence-corrected chi connectivity index (χ0v) is 16.3. The maximum Gasteiger partial charge on any atom is 0.192 e. The molecule has 23 heavy (non-hydrogen) atoms. The maximum atomic E-state index is 14.0. The molecule has 0 radical (unpaired) electrons. The Morgan fingerprint density at radius 3 is 2.48 bits per heavy atom. The van der Waals surface area contributed by atoms with Crippen LogP contribution in [0.15, 0.2) is 24.4 Å². The molecule has 2 rings (SSSR count). The zero-order chi connectivity index (χ0) is 17.4. The van der Waals surface area contributed by atoms with E-state index in [1.165, 1.54) is 0 Å². The van der Waals surface area contributed by atoms with E-state index in [-0.39, 0.29) is 16.8 Å². The summed E-state index contributed by atoms with van der Waals surface area (Å²) in [5.41, 5.74) is 1.88. The Kier molecular flexibility index (Phi) is 4.97. The van der Waals surface area contributed by atoms with Crippen molar-refractivity contribution in [2.24, 2.45) is 0 Å². The summed E-state index contributed by atoms with van der Waals surface area (Å²) in [4.78, 5) is 4.37. The highest BCUT2D eigenvalue weighted by Crippen LogP contribution is 2.37. The third-order valence-corrected chi connectivity index (χ3v) is 9.50. The first-order valence-corrected chi connectivity index (χ1v) is 11.1. The van der Waals surface area contributed by atoms with Gasteiger partial charge in [-0.05, 0) is 54.2 Å². The van der Waals surface area contributed by atoms with Gasteiger partial charge in [0.2, 0.25) is 0 Å². The minimum Gasteiger partial charge on any atom is -0.416 e. The fourth-order valence-electron chi connectivity index (χ4n) is 2.41. The molecule has 0 amide bonds. The molecule has 0 N–H and O–H groups in total. The second-order valence-electron chi connectivity index (χ2n) is 8.01. The van der Waals surface area contributed by atoms with Crippen molar-refractivity contribution in [2.45, 2.75) is 58.7 Å². The van der Waals surface area contributed by atoms with E-state index in [4.69, 9.17) is 4.43 Å². The van der Waals surface area contributed by atoms with Gasteiger partial charge < -0.3 is 4.43 Å². The Hall–Kier alpha value is -1.26. The van der Waals surface area contributed by atoms with Crippen LogP contribution in [0.5, 0.6) is 0 Å². The molecular formula is C19H28FNOSi. The number of aromatic nitrogens is 1. The van der Waals surface area contributed by atoms with E-state index in [9.17, 15) is 4.39 Å². The van der Waals surface area contributed by atoms with Gasteiger partial charge in [0.1, 0.15) is 5.82 Å². The number of rotatable bonds is 4. The average molecular weight is 334 g/mol. The van der Waals surface area contributed by atoms with Crippen molar-refractivity contribution in [3.63, 3.8) is 0 Å². The number of pyridine rings is 1. The van der Waals surface area contributed by atoms with Crippen LogP contribution >= 0.6 is 0 Å². The monoisotopic (exact) mass is 333 g/mol.